The van der Waals surface area contributed by atoms with E-state index in [1.54, 1.807) is 26.1 Å². The van der Waals surface area contributed by atoms with Gasteiger partial charge < -0.3 is 14.5 Å². The number of rotatable bonds is 6. The van der Waals surface area contributed by atoms with Crippen LogP contribution in [0.25, 0.3) is 0 Å². The fourth-order valence-corrected chi connectivity index (χ4v) is 3.24. The molecule has 0 aromatic heterocycles. The summed E-state index contributed by atoms with van der Waals surface area (Å²) in [6.45, 7) is 0.682. The summed E-state index contributed by atoms with van der Waals surface area (Å²) in [5, 5.41) is 0. The smallest absolute Gasteiger partial charge is 0.285 e. The van der Waals surface area contributed by atoms with Crippen molar-refractivity contribution >= 4 is 21.8 Å². The quantitative estimate of drug-likeness (QED) is 0.819. The summed E-state index contributed by atoms with van der Waals surface area (Å²) in [5.41, 5.74) is 2.08. The molecule has 0 spiro atoms. The molecule has 0 radical (unpaired) electrons. The molecule has 128 valence electrons. The van der Waals surface area contributed by atoms with Gasteiger partial charge in [-0.15, -0.1) is 0 Å². The number of ether oxygens (including phenoxy) is 1. The normalized spacial score (nSPS) is 13.2. The minimum absolute atomic E-state index is 0.0904. The molecule has 5 heteroatoms. The second kappa shape index (κ2) is 8.31. The largest absolute Gasteiger partial charge is 0.496 e. The summed E-state index contributed by atoms with van der Waals surface area (Å²) >= 11 is 3.51. The van der Waals surface area contributed by atoms with Gasteiger partial charge in [-0.2, -0.15) is 0 Å². The first-order valence-electron chi connectivity index (χ1n) is 7.85. The number of hydrogen-bond acceptors (Lipinski definition) is 2. The highest BCUT2D eigenvalue weighted by Crippen LogP contribution is 2.22. The van der Waals surface area contributed by atoms with E-state index in [9.17, 15) is 4.79 Å². The number of nitrogens with zero attached hydrogens (tertiary/aromatic N) is 1. The Morgan fingerprint density at radius 3 is 2.46 bits per heavy atom. The van der Waals surface area contributed by atoms with Gasteiger partial charge in [0, 0.05) is 29.7 Å². The number of benzene rings is 2. The summed E-state index contributed by atoms with van der Waals surface area (Å²) < 4.78 is 6.47. The fourth-order valence-electron chi connectivity index (χ4n) is 2.83. The lowest BCUT2D eigenvalue weighted by Crippen LogP contribution is -3.09. The lowest BCUT2D eigenvalue weighted by Gasteiger charge is -2.27. The van der Waals surface area contributed by atoms with Crippen LogP contribution in [0.5, 0.6) is 5.75 Å². The highest BCUT2D eigenvalue weighted by molar-refractivity contribution is 9.10. The van der Waals surface area contributed by atoms with Crippen LogP contribution in [0.15, 0.2) is 53.0 Å². The maximum atomic E-state index is 12.8. The van der Waals surface area contributed by atoms with Gasteiger partial charge in [0.1, 0.15) is 12.3 Å². The summed E-state index contributed by atoms with van der Waals surface area (Å²) in [5.74, 6) is 0.925. The molecule has 1 unspecified atom stereocenters. The molecule has 0 aliphatic rings. The average molecular weight is 392 g/mol. The van der Waals surface area contributed by atoms with Crippen LogP contribution in [0.1, 0.15) is 17.2 Å². The third-order valence-corrected chi connectivity index (χ3v) is 4.52. The van der Waals surface area contributed by atoms with Crippen LogP contribution in [0.3, 0.4) is 0 Å². The number of amides is 1. The van der Waals surface area contributed by atoms with Crippen LogP contribution < -0.4 is 9.64 Å². The van der Waals surface area contributed by atoms with Crippen molar-refractivity contribution in [1.82, 2.24) is 4.90 Å². The number of hydrogen-bond donors (Lipinski definition) is 1. The van der Waals surface area contributed by atoms with Crippen LogP contribution in [-0.4, -0.2) is 39.1 Å². The molecule has 0 fully saturated rings. The van der Waals surface area contributed by atoms with Gasteiger partial charge in [0.2, 0.25) is 0 Å². The van der Waals surface area contributed by atoms with Gasteiger partial charge in [0.05, 0.1) is 14.2 Å². The zero-order valence-electron chi connectivity index (χ0n) is 14.5. The van der Waals surface area contributed by atoms with E-state index in [-0.39, 0.29) is 11.9 Å². The number of methoxy groups -OCH3 is 1. The van der Waals surface area contributed by atoms with Crippen molar-refractivity contribution in [2.75, 3.05) is 28.3 Å². The Labute approximate surface area is 152 Å². The molecule has 0 saturated carbocycles. The molecule has 0 aliphatic carbocycles. The Morgan fingerprint density at radius 1 is 1.21 bits per heavy atom. The van der Waals surface area contributed by atoms with Crippen molar-refractivity contribution in [1.29, 1.82) is 0 Å². The molecule has 2 atom stereocenters. The van der Waals surface area contributed by atoms with Crippen molar-refractivity contribution < 1.29 is 14.4 Å². The lowest BCUT2D eigenvalue weighted by molar-refractivity contribution is -0.916. The van der Waals surface area contributed by atoms with E-state index < -0.39 is 0 Å². The molecule has 2 aromatic rings. The third kappa shape index (κ3) is 4.36. The maximum Gasteiger partial charge on any atom is 0.285 e. The van der Waals surface area contributed by atoms with Crippen molar-refractivity contribution in [2.24, 2.45) is 0 Å². The van der Waals surface area contributed by atoms with E-state index in [1.807, 2.05) is 55.6 Å². The first kappa shape index (κ1) is 18.5. The summed E-state index contributed by atoms with van der Waals surface area (Å²) in [7, 11) is 7.30. The molecule has 1 N–H and O–H groups in total. The van der Waals surface area contributed by atoms with Crippen molar-refractivity contribution in [3.05, 3.63) is 64.1 Å². The molecular weight excluding hydrogens is 368 g/mol. The molecule has 0 saturated heterocycles. The van der Waals surface area contributed by atoms with Gasteiger partial charge in [-0.1, -0.05) is 46.3 Å². The highest BCUT2D eigenvalue weighted by atomic mass is 79.9. The second-order valence-electron chi connectivity index (χ2n) is 6.06. The van der Waals surface area contributed by atoms with Gasteiger partial charge in [0.25, 0.3) is 5.91 Å². The standard InChI is InChI=1S/C19H23BrN2O2/c1-21(2)19(23)18(14-8-6-5-7-9-14)22(3)13-15-12-16(20)10-11-17(15)24-4/h5-12,18H,13H2,1-4H3/p+1/t18-/m0/s1. The van der Waals surface area contributed by atoms with E-state index >= 15 is 0 Å². The van der Waals surface area contributed by atoms with Crippen LogP contribution in [0.4, 0.5) is 0 Å². The zero-order chi connectivity index (χ0) is 17.7. The number of nitrogens with one attached hydrogen (secondary N) is 1. The number of halogens is 1. The Bertz CT molecular complexity index is 689. The minimum atomic E-state index is -0.259. The molecule has 0 heterocycles. The van der Waals surface area contributed by atoms with Gasteiger partial charge >= 0.3 is 0 Å². The molecule has 2 aromatic carbocycles. The van der Waals surface area contributed by atoms with Gasteiger partial charge in [-0.05, 0) is 18.2 Å². The SMILES string of the molecule is COc1ccc(Br)cc1C[NH+](C)[C@H](C(=O)N(C)C)c1ccccc1. The average Bonchev–Trinajstić information content (AvgIpc) is 2.56. The fraction of sp³-hybridized carbons (Fsp3) is 0.316. The third-order valence-electron chi connectivity index (χ3n) is 4.03. The first-order valence-corrected chi connectivity index (χ1v) is 8.64. The van der Waals surface area contributed by atoms with E-state index in [4.69, 9.17) is 4.74 Å². The predicted octanol–water partition coefficient (Wildman–Crippen LogP) is 2.30. The number of carbonyl (C=O) groups is 1. The molecule has 2 rings (SSSR count). The van der Waals surface area contributed by atoms with Crippen molar-refractivity contribution in [3.63, 3.8) is 0 Å². The summed E-state index contributed by atoms with van der Waals surface area (Å²) in [6.07, 6.45) is 0. The van der Waals surface area contributed by atoms with Crippen LogP contribution in [0, 0.1) is 0 Å². The number of likely N-dealkylation sites (N-methyl/N-ethyl adjacent to an activating group) is 2. The number of carbonyl (C=O) groups excluding carboxylic acids is 1. The Hall–Kier alpha value is -1.85. The first-order chi connectivity index (χ1) is 11.4. The van der Waals surface area contributed by atoms with Crippen molar-refractivity contribution in [2.45, 2.75) is 12.6 Å². The second-order valence-corrected chi connectivity index (χ2v) is 6.97. The molecular formula is C19H24BrN2O2+. The van der Waals surface area contributed by atoms with Gasteiger partial charge in [-0.3, -0.25) is 4.79 Å². The topological polar surface area (TPSA) is 34.0 Å². The molecule has 0 bridgehead atoms. The minimum Gasteiger partial charge on any atom is -0.496 e. The van der Waals surface area contributed by atoms with E-state index in [0.29, 0.717) is 6.54 Å². The molecule has 0 aliphatic heterocycles. The molecule has 1 amide bonds. The summed E-state index contributed by atoms with van der Waals surface area (Å²) in [6, 6.07) is 15.6. The van der Waals surface area contributed by atoms with Crippen molar-refractivity contribution in [3.8, 4) is 5.75 Å². The van der Waals surface area contributed by atoms with E-state index in [2.05, 4.69) is 15.9 Å². The predicted molar refractivity (Wildman–Crippen MR) is 99.2 cm³/mol. The van der Waals surface area contributed by atoms with Gasteiger partial charge in [0.15, 0.2) is 6.04 Å². The zero-order valence-corrected chi connectivity index (χ0v) is 16.1. The highest BCUT2D eigenvalue weighted by Gasteiger charge is 2.30. The Morgan fingerprint density at radius 2 is 1.88 bits per heavy atom. The van der Waals surface area contributed by atoms with Gasteiger partial charge in [-0.25, -0.2) is 0 Å². The van der Waals surface area contributed by atoms with Crippen LogP contribution >= 0.6 is 15.9 Å². The monoisotopic (exact) mass is 391 g/mol. The van der Waals surface area contributed by atoms with E-state index in [1.165, 1.54) is 0 Å². The maximum absolute atomic E-state index is 12.8. The number of quaternary nitrogens is 1. The van der Waals surface area contributed by atoms with Crippen LogP contribution in [-0.2, 0) is 11.3 Å². The molecule has 4 nitrogen and oxygen atoms in total. The molecule has 24 heavy (non-hydrogen) atoms. The van der Waals surface area contributed by atoms with E-state index in [0.717, 1.165) is 26.2 Å². The van der Waals surface area contributed by atoms with Crippen LogP contribution in [0.2, 0.25) is 0 Å². The lowest BCUT2D eigenvalue weighted by atomic mass is 10.0. The Balaban J connectivity index is 2.33. The summed E-state index contributed by atoms with van der Waals surface area (Å²) in [4.78, 5) is 15.5. The Kier molecular flexibility index (Phi) is 6.40.